The molecule has 0 spiro atoms. The van der Waals surface area contributed by atoms with Crippen LogP contribution in [0.4, 0.5) is 10.5 Å². The van der Waals surface area contributed by atoms with Gasteiger partial charge in [0.2, 0.25) is 0 Å². The summed E-state index contributed by atoms with van der Waals surface area (Å²) in [5.41, 5.74) is 2.85. The van der Waals surface area contributed by atoms with Crippen molar-refractivity contribution in [1.29, 1.82) is 0 Å². The van der Waals surface area contributed by atoms with Crippen LogP contribution in [-0.4, -0.2) is 51.5 Å². The first-order chi connectivity index (χ1) is 12.8. The molecule has 0 aliphatic rings. The number of methoxy groups -OCH3 is 1. The van der Waals surface area contributed by atoms with Gasteiger partial charge in [-0.25, -0.2) is 4.79 Å². The molecule has 142 valence electrons. The molecule has 27 heavy (non-hydrogen) atoms. The predicted molar refractivity (Wildman–Crippen MR) is 114 cm³/mol. The van der Waals surface area contributed by atoms with Crippen molar-refractivity contribution in [2.75, 3.05) is 33.1 Å². The van der Waals surface area contributed by atoms with Crippen molar-refractivity contribution < 1.29 is 9.53 Å². The zero-order valence-electron chi connectivity index (χ0n) is 16.2. The quantitative estimate of drug-likeness (QED) is 0.669. The number of likely N-dealkylation sites (N-methyl/N-ethyl adjacent to an activating group) is 1. The van der Waals surface area contributed by atoms with Crippen molar-refractivity contribution in [3.63, 3.8) is 0 Å². The predicted octanol–water partition coefficient (Wildman–Crippen LogP) is 4.24. The summed E-state index contributed by atoms with van der Waals surface area (Å²) in [6, 6.07) is 13.5. The molecule has 1 atom stereocenters. The van der Waals surface area contributed by atoms with Gasteiger partial charge in [0.1, 0.15) is 5.75 Å². The molecule has 0 aliphatic carbocycles. The fourth-order valence-corrected chi connectivity index (χ4v) is 3.28. The van der Waals surface area contributed by atoms with E-state index in [9.17, 15) is 4.79 Å². The van der Waals surface area contributed by atoms with Gasteiger partial charge in [0.25, 0.3) is 0 Å². The van der Waals surface area contributed by atoms with E-state index >= 15 is 0 Å². The van der Waals surface area contributed by atoms with Crippen molar-refractivity contribution in [2.45, 2.75) is 19.4 Å². The van der Waals surface area contributed by atoms with Gasteiger partial charge in [0.05, 0.1) is 7.11 Å². The SMILES string of the molecule is [B]N(C)Cc1cccc(NC(=O)N(C)C[C@H](C)c2ccc(Br)cc2OC)c1. The van der Waals surface area contributed by atoms with E-state index in [1.54, 1.807) is 30.9 Å². The summed E-state index contributed by atoms with van der Waals surface area (Å²) in [6.07, 6.45) is 0. The van der Waals surface area contributed by atoms with Crippen LogP contribution in [0.2, 0.25) is 0 Å². The van der Waals surface area contributed by atoms with Crippen molar-refractivity contribution in [3.8, 4) is 5.75 Å². The lowest BCUT2D eigenvalue weighted by Gasteiger charge is -2.23. The van der Waals surface area contributed by atoms with Gasteiger partial charge >= 0.3 is 6.03 Å². The first kappa shape index (κ1) is 21.3. The van der Waals surface area contributed by atoms with E-state index in [4.69, 9.17) is 12.7 Å². The third kappa shape index (κ3) is 6.29. The molecular formula is C20H25BBrN3O2. The van der Waals surface area contributed by atoms with Crippen LogP contribution < -0.4 is 10.1 Å². The Morgan fingerprint density at radius 1 is 1.26 bits per heavy atom. The van der Waals surface area contributed by atoms with E-state index in [2.05, 4.69) is 28.2 Å². The van der Waals surface area contributed by atoms with Crippen LogP contribution in [0, 0.1) is 0 Å². The number of halogens is 1. The van der Waals surface area contributed by atoms with E-state index in [0.717, 1.165) is 27.0 Å². The van der Waals surface area contributed by atoms with Gasteiger partial charge in [-0.3, -0.25) is 0 Å². The van der Waals surface area contributed by atoms with Crippen molar-refractivity contribution in [3.05, 3.63) is 58.1 Å². The monoisotopic (exact) mass is 429 g/mol. The zero-order valence-corrected chi connectivity index (χ0v) is 17.8. The number of anilines is 1. The van der Waals surface area contributed by atoms with Crippen LogP contribution in [0.3, 0.4) is 0 Å². The second kappa shape index (κ2) is 9.81. The van der Waals surface area contributed by atoms with Crippen molar-refractivity contribution in [2.24, 2.45) is 0 Å². The topological polar surface area (TPSA) is 44.8 Å². The lowest BCUT2D eigenvalue weighted by atomic mass is 10.00. The van der Waals surface area contributed by atoms with Gasteiger partial charge in [0, 0.05) is 36.2 Å². The summed E-state index contributed by atoms with van der Waals surface area (Å²) in [6.45, 7) is 3.25. The Morgan fingerprint density at radius 2 is 2.00 bits per heavy atom. The number of benzene rings is 2. The first-order valence-corrected chi connectivity index (χ1v) is 9.49. The minimum Gasteiger partial charge on any atom is -0.496 e. The number of urea groups is 1. The highest BCUT2D eigenvalue weighted by atomic mass is 79.9. The number of nitrogens with one attached hydrogen (secondary N) is 1. The van der Waals surface area contributed by atoms with Gasteiger partial charge in [-0.05, 0) is 42.4 Å². The van der Waals surface area contributed by atoms with E-state index in [-0.39, 0.29) is 11.9 Å². The Bertz CT molecular complexity index is 786. The number of hydrogen-bond acceptors (Lipinski definition) is 3. The number of hydrogen-bond donors (Lipinski definition) is 1. The lowest BCUT2D eigenvalue weighted by Crippen LogP contribution is -2.34. The summed E-state index contributed by atoms with van der Waals surface area (Å²) in [5, 5.41) is 2.94. The Labute approximate surface area is 171 Å². The highest BCUT2D eigenvalue weighted by Gasteiger charge is 2.17. The molecule has 2 aromatic carbocycles. The molecule has 0 unspecified atom stereocenters. The number of ether oxygens (including phenoxy) is 1. The molecule has 1 N–H and O–H groups in total. The molecular weight excluding hydrogens is 405 g/mol. The molecule has 0 fully saturated rings. The Hall–Kier alpha value is -1.99. The molecule has 0 bridgehead atoms. The van der Waals surface area contributed by atoms with E-state index in [0.29, 0.717) is 13.1 Å². The van der Waals surface area contributed by atoms with Crippen LogP contribution >= 0.6 is 15.9 Å². The maximum Gasteiger partial charge on any atom is 0.321 e. The van der Waals surface area contributed by atoms with Gasteiger partial charge in [-0.2, -0.15) is 0 Å². The third-order valence-corrected chi connectivity index (χ3v) is 4.72. The molecule has 2 rings (SSSR count). The molecule has 2 aromatic rings. The Kier molecular flexibility index (Phi) is 7.74. The zero-order chi connectivity index (χ0) is 20.0. The van der Waals surface area contributed by atoms with Gasteiger partial charge in [-0.15, -0.1) is 0 Å². The van der Waals surface area contributed by atoms with Crippen LogP contribution in [0.5, 0.6) is 5.75 Å². The van der Waals surface area contributed by atoms with Crippen molar-refractivity contribution in [1.82, 2.24) is 9.71 Å². The molecule has 0 aliphatic heterocycles. The van der Waals surface area contributed by atoms with Gasteiger partial charge in [-0.1, -0.05) is 41.1 Å². The Morgan fingerprint density at radius 3 is 2.67 bits per heavy atom. The normalized spacial score (nSPS) is 11.9. The average molecular weight is 430 g/mol. The van der Waals surface area contributed by atoms with Crippen molar-refractivity contribution >= 4 is 35.6 Å². The number of carbonyl (C=O) groups excluding carboxylic acids is 1. The maximum absolute atomic E-state index is 12.6. The molecule has 0 saturated heterocycles. The molecule has 0 saturated carbocycles. The smallest absolute Gasteiger partial charge is 0.321 e. The summed E-state index contributed by atoms with van der Waals surface area (Å²) in [7, 11) is 10.9. The molecule has 7 heteroatoms. The van der Waals surface area contributed by atoms with Crippen LogP contribution in [0.1, 0.15) is 24.0 Å². The molecule has 5 nitrogen and oxygen atoms in total. The number of rotatable bonds is 7. The van der Waals surface area contributed by atoms with Crippen LogP contribution in [0.25, 0.3) is 0 Å². The Balaban J connectivity index is 2.01. The maximum atomic E-state index is 12.6. The number of carbonyl (C=O) groups is 1. The summed E-state index contributed by atoms with van der Waals surface area (Å²) >= 11 is 3.45. The van der Waals surface area contributed by atoms with E-state index < -0.39 is 0 Å². The second-order valence-corrected chi connectivity index (χ2v) is 7.63. The summed E-state index contributed by atoms with van der Waals surface area (Å²) < 4.78 is 6.43. The summed E-state index contributed by atoms with van der Waals surface area (Å²) in [4.78, 5) is 15.8. The largest absolute Gasteiger partial charge is 0.496 e. The highest BCUT2D eigenvalue weighted by Crippen LogP contribution is 2.30. The second-order valence-electron chi connectivity index (χ2n) is 6.71. The third-order valence-electron chi connectivity index (χ3n) is 4.23. The minimum atomic E-state index is -0.156. The summed E-state index contributed by atoms with van der Waals surface area (Å²) in [5.74, 6) is 0.935. The van der Waals surface area contributed by atoms with Crippen LogP contribution in [-0.2, 0) is 6.54 Å². The molecule has 2 amide bonds. The lowest BCUT2D eigenvalue weighted by molar-refractivity contribution is 0.220. The molecule has 2 radical (unpaired) electrons. The average Bonchev–Trinajstić information content (AvgIpc) is 2.61. The number of nitrogens with zero attached hydrogens (tertiary/aromatic N) is 2. The minimum absolute atomic E-state index is 0.126. The fraction of sp³-hybridized carbons (Fsp3) is 0.350. The molecule has 0 aromatic heterocycles. The van der Waals surface area contributed by atoms with Crippen LogP contribution in [0.15, 0.2) is 46.9 Å². The molecule has 0 heterocycles. The van der Waals surface area contributed by atoms with E-state index in [1.165, 1.54) is 0 Å². The highest BCUT2D eigenvalue weighted by molar-refractivity contribution is 9.10. The fourth-order valence-electron chi connectivity index (χ4n) is 2.94. The number of amides is 2. The first-order valence-electron chi connectivity index (χ1n) is 8.70. The van der Waals surface area contributed by atoms with Gasteiger partial charge in [0.15, 0.2) is 7.98 Å². The van der Waals surface area contributed by atoms with E-state index in [1.807, 2.05) is 42.5 Å². The standard InChI is InChI=1S/C20H25BBrN3O2/c1-14(18-9-8-16(22)11-19(18)27-4)12-24(2)20(26)23-17-7-5-6-15(10-17)13-25(3)21/h5-11,14H,12-13H2,1-4H3,(H,23,26)/t14-/m0/s1. The van der Waals surface area contributed by atoms with Gasteiger partial charge < -0.3 is 19.8 Å².